The molecule has 2 heterocycles. The van der Waals surface area contributed by atoms with Crippen molar-refractivity contribution in [3.63, 3.8) is 0 Å². The van der Waals surface area contributed by atoms with Gasteiger partial charge in [0.25, 0.3) is 0 Å². The average Bonchev–Trinajstić information content (AvgIpc) is 2.48. The van der Waals surface area contributed by atoms with Crippen LogP contribution in [0.5, 0.6) is 0 Å². The number of piperidine rings is 1. The van der Waals surface area contributed by atoms with Crippen molar-refractivity contribution in [3.05, 3.63) is 0 Å². The molecular weight excluding hydrogens is 270 g/mol. The van der Waals surface area contributed by atoms with E-state index in [1.54, 1.807) is 4.90 Å². The fourth-order valence-electron chi connectivity index (χ4n) is 2.20. The molecule has 0 spiro atoms. The fraction of sp³-hybridized carbons (Fsp3) is 0.867. The first-order valence-corrected chi connectivity index (χ1v) is 7.80. The number of nitrogens with zero attached hydrogens (tertiary/aromatic N) is 2. The summed E-state index contributed by atoms with van der Waals surface area (Å²) in [7, 11) is 0. The van der Waals surface area contributed by atoms with Crippen molar-refractivity contribution < 1.29 is 14.3 Å². The van der Waals surface area contributed by atoms with Crippen LogP contribution in [0.4, 0.5) is 4.79 Å². The summed E-state index contributed by atoms with van der Waals surface area (Å²) in [5.74, 6) is 0. The zero-order valence-electron chi connectivity index (χ0n) is 13.6. The second-order valence-corrected chi connectivity index (χ2v) is 6.42. The van der Waals surface area contributed by atoms with Gasteiger partial charge in [-0.2, -0.15) is 0 Å². The van der Waals surface area contributed by atoms with Gasteiger partial charge in [0.2, 0.25) is 6.41 Å². The van der Waals surface area contributed by atoms with Gasteiger partial charge >= 0.3 is 6.09 Å². The summed E-state index contributed by atoms with van der Waals surface area (Å²) in [4.78, 5) is 25.2. The van der Waals surface area contributed by atoms with Crippen LogP contribution in [-0.4, -0.2) is 67.2 Å². The topological polar surface area (TPSA) is 61.9 Å². The molecule has 0 aromatic carbocycles. The highest BCUT2D eigenvalue weighted by Crippen LogP contribution is 2.10. The van der Waals surface area contributed by atoms with Gasteiger partial charge in [0.1, 0.15) is 5.60 Å². The second-order valence-electron chi connectivity index (χ2n) is 6.42. The van der Waals surface area contributed by atoms with Gasteiger partial charge in [0.15, 0.2) is 0 Å². The molecule has 1 N–H and O–H groups in total. The summed E-state index contributed by atoms with van der Waals surface area (Å²) in [6, 6.07) is 0. The molecule has 2 fully saturated rings. The van der Waals surface area contributed by atoms with E-state index in [4.69, 9.17) is 4.74 Å². The average molecular weight is 299 g/mol. The van der Waals surface area contributed by atoms with E-state index >= 15 is 0 Å². The molecule has 122 valence electrons. The van der Waals surface area contributed by atoms with Crippen LogP contribution in [0.25, 0.3) is 0 Å². The third-order valence-electron chi connectivity index (χ3n) is 3.31. The Morgan fingerprint density at radius 1 is 1.05 bits per heavy atom. The van der Waals surface area contributed by atoms with E-state index in [1.807, 2.05) is 25.7 Å². The number of likely N-dealkylation sites (tertiary alicyclic amines) is 1. The molecule has 2 saturated heterocycles. The minimum absolute atomic E-state index is 0.200. The van der Waals surface area contributed by atoms with Crippen molar-refractivity contribution in [1.29, 1.82) is 0 Å². The van der Waals surface area contributed by atoms with Crippen molar-refractivity contribution in [2.75, 3.05) is 39.3 Å². The lowest BCUT2D eigenvalue weighted by Crippen LogP contribution is -2.48. The van der Waals surface area contributed by atoms with Gasteiger partial charge in [-0.15, -0.1) is 0 Å². The van der Waals surface area contributed by atoms with E-state index in [1.165, 1.54) is 19.3 Å². The molecule has 2 amide bonds. The third kappa shape index (κ3) is 7.90. The van der Waals surface area contributed by atoms with Gasteiger partial charge < -0.3 is 19.9 Å². The maximum absolute atomic E-state index is 11.5. The lowest BCUT2D eigenvalue weighted by Gasteiger charge is -2.30. The molecule has 0 radical (unpaired) electrons. The standard InChI is InChI=1S/C9H18N2O2.C6H11NO/c1-9(2,3)13-8(12)11-6-4-10-5-7-11;8-6-7-4-2-1-3-5-7/h10H,4-7H2,1-3H3;6H,1-5H2. The maximum Gasteiger partial charge on any atom is 0.410 e. The lowest BCUT2D eigenvalue weighted by atomic mass is 10.1. The molecule has 0 atom stereocenters. The molecule has 0 unspecified atom stereocenters. The Bertz CT molecular complexity index is 317. The third-order valence-corrected chi connectivity index (χ3v) is 3.31. The molecule has 0 bridgehead atoms. The Labute approximate surface area is 127 Å². The van der Waals surface area contributed by atoms with Crippen LogP contribution < -0.4 is 5.32 Å². The monoisotopic (exact) mass is 299 g/mol. The summed E-state index contributed by atoms with van der Waals surface area (Å²) < 4.78 is 5.24. The molecular formula is C15H29N3O3. The Hall–Kier alpha value is -1.30. The van der Waals surface area contributed by atoms with Crippen LogP contribution in [0.1, 0.15) is 40.0 Å². The summed E-state index contributed by atoms with van der Waals surface area (Å²) in [6.45, 7) is 10.8. The van der Waals surface area contributed by atoms with Crippen LogP contribution >= 0.6 is 0 Å². The number of carbonyl (C=O) groups is 2. The predicted molar refractivity (Wildman–Crippen MR) is 82.2 cm³/mol. The normalized spacial score (nSPS) is 19.4. The van der Waals surface area contributed by atoms with E-state index in [9.17, 15) is 9.59 Å². The molecule has 2 aliphatic rings. The van der Waals surface area contributed by atoms with Crippen LogP contribution in [0.2, 0.25) is 0 Å². The van der Waals surface area contributed by atoms with Crippen LogP contribution in [0.3, 0.4) is 0 Å². The Morgan fingerprint density at radius 2 is 1.62 bits per heavy atom. The van der Waals surface area contributed by atoms with E-state index in [2.05, 4.69) is 5.32 Å². The molecule has 0 aromatic heterocycles. The van der Waals surface area contributed by atoms with E-state index in [0.29, 0.717) is 0 Å². The molecule has 6 nitrogen and oxygen atoms in total. The highest BCUT2D eigenvalue weighted by molar-refractivity contribution is 5.68. The minimum atomic E-state index is -0.387. The van der Waals surface area contributed by atoms with Crippen molar-refractivity contribution >= 4 is 12.5 Å². The number of carbonyl (C=O) groups excluding carboxylic acids is 2. The molecule has 2 rings (SSSR count). The zero-order chi connectivity index (χ0) is 15.7. The van der Waals surface area contributed by atoms with E-state index in [0.717, 1.165) is 45.7 Å². The van der Waals surface area contributed by atoms with Crippen LogP contribution in [0.15, 0.2) is 0 Å². The van der Waals surface area contributed by atoms with Gasteiger partial charge in [0.05, 0.1) is 0 Å². The summed E-state index contributed by atoms with van der Waals surface area (Å²) in [6.07, 6.45) is 4.43. The Morgan fingerprint density at radius 3 is 2.05 bits per heavy atom. The first kappa shape index (κ1) is 17.8. The van der Waals surface area contributed by atoms with Gasteiger partial charge in [-0.3, -0.25) is 4.79 Å². The van der Waals surface area contributed by atoms with Crippen molar-refractivity contribution in [3.8, 4) is 0 Å². The highest BCUT2D eigenvalue weighted by atomic mass is 16.6. The van der Waals surface area contributed by atoms with Crippen LogP contribution in [0, 0.1) is 0 Å². The van der Waals surface area contributed by atoms with Gasteiger partial charge in [-0.25, -0.2) is 4.79 Å². The molecule has 21 heavy (non-hydrogen) atoms. The lowest BCUT2D eigenvalue weighted by molar-refractivity contribution is -0.118. The van der Waals surface area contributed by atoms with Crippen LogP contribution in [-0.2, 0) is 9.53 Å². The van der Waals surface area contributed by atoms with Gasteiger partial charge in [-0.05, 0) is 40.0 Å². The molecule has 6 heteroatoms. The van der Waals surface area contributed by atoms with Crippen molar-refractivity contribution in [1.82, 2.24) is 15.1 Å². The minimum Gasteiger partial charge on any atom is -0.444 e. The predicted octanol–water partition coefficient (Wildman–Crippen LogP) is 1.46. The quantitative estimate of drug-likeness (QED) is 0.745. The number of piperazine rings is 1. The summed E-state index contributed by atoms with van der Waals surface area (Å²) in [5.41, 5.74) is -0.387. The molecule has 0 saturated carbocycles. The summed E-state index contributed by atoms with van der Waals surface area (Å²) >= 11 is 0. The Balaban J connectivity index is 0.000000235. The smallest absolute Gasteiger partial charge is 0.410 e. The first-order chi connectivity index (χ1) is 9.92. The maximum atomic E-state index is 11.5. The van der Waals surface area contributed by atoms with E-state index < -0.39 is 0 Å². The van der Waals surface area contributed by atoms with Gasteiger partial charge in [0, 0.05) is 39.3 Å². The van der Waals surface area contributed by atoms with Gasteiger partial charge in [-0.1, -0.05) is 0 Å². The first-order valence-electron chi connectivity index (χ1n) is 7.80. The van der Waals surface area contributed by atoms with Crippen molar-refractivity contribution in [2.24, 2.45) is 0 Å². The molecule has 0 aromatic rings. The largest absolute Gasteiger partial charge is 0.444 e. The number of hydrogen-bond acceptors (Lipinski definition) is 4. The number of ether oxygens (including phenoxy) is 1. The molecule has 0 aliphatic carbocycles. The SMILES string of the molecule is CC(C)(C)OC(=O)N1CCNCC1.O=CN1CCCCC1. The van der Waals surface area contributed by atoms with E-state index in [-0.39, 0.29) is 11.7 Å². The second kappa shape index (κ2) is 8.87. The zero-order valence-corrected chi connectivity index (χ0v) is 13.6. The van der Waals surface area contributed by atoms with Crippen molar-refractivity contribution in [2.45, 2.75) is 45.6 Å². The number of rotatable bonds is 1. The number of nitrogens with one attached hydrogen (secondary N) is 1. The highest BCUT2D eigenvalue weighted by Gasteiger charge is 2.22. The Kier molecular flexibility index (Phi) is 7.50. The number of hydrogen-bond donors (Lipinski definition) is 1. The fourth-order valence-corrected chi connectivity index (χ4v) is 2.20. The summed E-state index contributed by atoms with van der Waals surface area (Å²) in [5, 5.41) is 3.18. The molecule has 2 aliphatic heterocycles. The number of amides is 2.